The number of hydrogen-bond acceptors (Lipinski definition) is 3. The molecular formula is C22H20N2O2. The van der Waals surface area contributed by atoms with Crippen LogP contribution < -0.4 is 15.0 Å². The largest absolute Gasteiger partial charge is 0.497 e. The summed E-state index contributed by atoms with van der Waals surface area (Å²) < 4.78 is 5.12. The number of nitrogens with one attached hydrogen (secondary N) is 1. The van der Waals surface area contributed by atoms with Crippen LogP contribution in [0.15, 0.2) is 72.8 Å². The molecule has 26 heavy (non-hydrogen) atoms. The van der Waals surface area contributed by atoms with E-state index in [0.717, 1.165) is 30.1 Å². The van der Waals surface area contributed by atoms with Crippen molar-refractivity contribution in [2.24, 2.45) is 0 Å². The maximum atomic E-state index is 12.4. The van der Waals surface area contributed by atoms with E-state index in [1.165, 1.54) is 11.3 Å². The van der Waals surface area contributed by atoms with E-state index in [1.807, 2.05) is 24.3 Å². The van der Waals surface area contributed by atoms with Crippen molar-refractivity contribution in [2.75, 3.05) is 23.9 Å². The number of hydrogen-bond donors (Lipinski definition) is 1. The maximum Gasteiger partial charge on any atom is 0.255 e. The highest BCUT2D eigenvalue weighted by atomic mass is 16.5. The van der Waals surface area contributed by atoms with Crippen molar-refractivity contribution < 1.29 is 9.53 Å². The van der Waals surface area contributed by atoms with Crippen molar-refractivity contribution in [1.82, 2.24) is 0 Å². The summed E-state index contributed by atoms with van der Waals surface area (Å²) in [4.78, 5) is 14.7. The lowest BCUT2D eigenvalue weighted by Crippen LogP contribution is -2.14. The Hall–Kier alpha value is -3.27. The summed E-state index contributed by atoms with van der Waals surface area (Å²) in [6.07, 6.45) is 1.06. The number of fused-ring (bicyclic) bond motifs is 1. The highest BCUT2D eigenvalue weighted by Gasteiger charge is 2.19. The smallest absolute Gasteiger partial charge is 0.255 e. The minimum Gasteiger partial charge on any atom is -0.497 e. The van der Waals surface area contributed by atoms with Crippen LogP contribution in [0.5, 0.6) is 5.75 Å². The number of ether oxygens (including phenoxy) is 1. The quantitative estimate of drug-likeness (QED) is 0.749. The van der Waals surface area contributed by atoms with Gasteiger partial charge in [-0.05, 0) is 66.6 Å². The molecule has 0 fully saturated rings. The minimum absolute atomic E-state index is 0.132. The number of nitrogens with zero attached hydrogens (tertiary/aromatic N) is 1. The fourth-order valence-corrected chi connectivity index (χ4v) is 3.28. The zero-order chi connectivity index (χ0) is 17.9. The van der Waals surface area contributed by atoms with Crippen LogP contribution in [0.25, 0.3) is 0 Å². The highest BCUT2D eigenvalue weighted by molar-refractivity contribution is 6.04. The number of carbonyl (C=O) groups excluding carboxylic acids is 1. The van der Waals surface area contributed by atoms with E-state index in [0.29, 0.717) is 5.56 Å². The first-order valence-corrected chi connectivity index (χ1v) is 8.65. The summed E-state index contributed by atoms with van der Waals surface area (Å²) in [5.74, 6) is 0.601. The zero-order valence-electron chi connectivity index (χ0n) is 14.6. The van der Waals surface area contributed by atoms with E-state index in [1.54, 1.807) is 31.4 Å². The van der Waals surface area contributed by atoms with Crippen LogP contribution in [0.4, 0.5) is 17.1 Å². The molecule has 0 aromatic heterocycles. The van der Waals surface area contributed by atoms with Crippen LogP contribution >= 0.6 is 0 Å². The number of benzene rings is 3. The second kappa shape index (κ2) is 6.92. The Morgan fingerprint density at radius 1 is 0.962 bits per heavy atom. The molecule has 0 atom stereocenters. The second-order valence-electron chi connectivity index (χ2n) is 6.26. The Kier molecular flexibility index (Phi) is 4.32. The third kappa shape index (κ3) is 3.14. The van der Waals surface area contributed by atoms with Crippen molar-refractivity contribution in [3.63, 3.8) is 0 Å². The minimum atomic E-state index is -0.132. The molecule has 0 bridgehead atoms. The first kappa shape index (κ1) is 16.2. The first-order chi connectivity index (χ1) is 12.7. The Morgan fingerprint density at radius 3 is 2.42 bits per heavy atom. The third-order valence-electron chi connectivity index (χ3n) is 4.68. The summed E-state index contributed by atoms with van der Waals surface area (Å²) in [5, 5.41) is 2.93. The molecule has 1 amide bonds. The maximum absolute atomic E-state index is 12.4. The lowest BCUT2D eigenvalue weighted by Gasteiger charge is -2.20. The summed E-state index contributed by atoms with van der Waals surface area (Å²) in [7, 11) is 1.61. The Balaban J connectivity index is 1.47. The van der Waals surface area contributed by atoms with Crippen LogP contribution in [0.1, 0.15) is 15.9 Å². The molecule has 4 nitrogen and oxygen atoms in total. The SMILES string of the molecule is COc1ccc(C(=O)Nc2ccc(N3CCc4ccccc43)cc2)cc1. The van der Waals surface area contributed by atoms with Gasteiger partial charge in [0.05, 0.1) is 7.11 Å². The number of amides is 1. The van der Waals surface area contributed by atoms with Crippen LogP contribution in [-0.4, -0.2) is 19.6 Å². The fourth-order valence-electron chi connectivity index (χ4n) is 3.28. The average Bonchev–Trinajstić information content (AvgIpc) is 3.13. The molecule has 1 aliphatic heterocycles. The van der Waals surface area contributed by atoms with E-state index < -0.39 is 0 Å². The Bertz CT molecular complexity index is 918. The average molecular weight is 344 g/mol. The molecule has 3 aromatic rings. The van der Waals surface area contributed by atoms with Crippen LogP contribution in [0.3, 0.4) is 0 Å². The van der Waals surface area contributed by atoms with Gasteiger partial charge in [-0.2, -0.15) is 0 Å². The van der Waals surface area contributed by atoms with Crippen LogP contribution in [-0.2, 0) is 6.42 Å². The van der Waals surface area contributed by atoms with Crippen LogP contribution in [0, 0.1) is 0 Å². The molecule has 0 saturated carbocycles. The van der Waals surface area contributed by atoms with Gasteiger partial charge in [0.15, 0.2) is 0 Å². The first-order valence-electron chi connectivity index (χ1n) is 8.65. The standard InChI is InChI=1S/C22H20N2O2/c1-26-20-12-6-17(7-13-20)22(25)23-18-8-10-19(11-9-18)24-15-14-16-4-2-3-5-21(16)24/h2-13H,14-15H2,1H3,(H,23,25). The number of rotatable bonds is 4. The molecule has 3 aromatic carbocycles. The summed E-state index contributed by atoms with van der Waals surface area (Å²) in [6, 6.07) is 23.5. The number of methoxy groups -OCH3 is 1. The lowest BCUT2D eigenvalue weighted by molar-refractivity contribution is 0.102. The molecule has 4 heteroatoms. The molecule has 1 heterocycles. The monoisotopic (exact) mass is 344 g/mol. The molecule has 1 N–H and O–H groups in total. The van der Waals surface area contributed by atoms with Gasteiger partial charge in [-0.1, -0.05) is 18.2 Å². The fraction of sp³-hybridized carbons (Fsp3) is 0.136. The summed E-state index contributed by atoms with van der Waals surface area (Å²) >= 11 is 0. The summed E-state index contributed by atoms with van der Waals surface area (Å²) in [6.45, 7) is 0.983. The predicted molar refractivity (Wildman–Crippen MR) is 105 cm³/mol. The van der Waals surface area contributed by atoms with E-state index >= 15 is 0 Å². The van der Waals surface area contributed by atoms with Gasteiger partial charge >= 0.3 is 0 Å². The molecule has 130 valence electrons. The predicted octanol–water partition coefficient (Wildman–Crippen LogP) is 4.64. The molecule has 0 spiro atoms. The normalized spacial score (nSPS) is 12.6. The van der Waals surface area contributed by atoms with E-state index in [9.17, 15) is 4.79 Å². The van der Waals surface area contributed by atoms with Gasteiger partial charge in [-0.25, -0.2) is 0 Å². The molecular weight excluding hydrogens is 324 g/mol. The molecule has 4 rings (SSSR count). The third-order valence-corrected chi connectivity index (χ3v) is 4.68. The van der Waals surface area contributed by atoms with Gasteiger partial charge in [-0.3, -0.25) is 4.79 Å². The van der Waals surface area contributed by atoms with E-state index in [-0.39, 0.29) is 5.91 Å². The molecule has 0 aliphatic carbocycles. The molecule has 1 aliphatic rings. The Labute approximate surface area is 153 Å². The summed E-state index contributed by atoms with van der Waals surface area (Å²) in [5.41, 5.74) is 5.16. The molecule has 0 unspecified atom stereocenters. The van der Waals surface area contributed by atoms with Gasteiger partial charge in [0, 0.05) is 29.2 Å². The van der Waals surface area contributed by atoms with Crippen molar-refractivity contribution in [3.8, 4) is 5.75 Å². The van der Waals surface area contributed by atoms with Gasteiger partial charge in [0.25, 0.3) is 5.91 Å². The molecule has 0 radical (unpaired) electrons. The zero-order valence-corrected chi connectivity index (χ0v) is 14.6. The number of carbonyl (C=O) groups is 1. The van der Waals surface area contributed by atoms with Gasteiger partial charge in [-0.15, -0.1) is 0 Å². The van der Waals surface area contributed by atoms with Gasteiger partial charge in [0.1, 0.15) is 5.75 Å². The van der Waals surface area contributed by atoms with Crippen molar-refractivity contribution in [1.29, 1.82) is 0 Å². The van der Waals surface area contributed by atoms with Crippen molar-refractivity contribution in [3.05, 3.63) is 83.9 Å². The van der Waals surface area contributed by atoms with Gasteiger partial charge in [0.2, 0.25) is 0 Å². The second-order valence-corrected chi connectivity index (χ2v) is 6.26. The number of para-hydroxylation sites is 1. The van der Waals surface area contributed by atoms with E-state index in [2.05, 4.69) is 34.5 Å². The Morgan fingerprint density at radius 2 is 1.69 bits per heavy atom. The highest BCUT2D eigenvalue weighted by Crippen LogP contribution is 2.34. The van der Waals surface area contributed by atoms with Crippen molar-refractivity contribution in [2.45, 2.75) is 6.42 Å². The van der Waals surface area contributed by atoms with Crippen molar-refractivity contribution >= 4 is 23.0 Å². The molecule has 0 saturated heterocycles. The topological polar surface area (TPSA) is 41.6 Å². The lowest BCUT2D eigenvalue weighted by atomic mass is 10.1. The van der Waals surface area contributed by atoms with E-state index in [4.69, 9.17) is 4.74 Å². The number of anilines is 3. The van der Waals surface area contributed by atoms with Gasteiger partial charge < -0.3 is 15.0 Å². The van der Waals surface area contributed by atoms with Crippen LogP contribution in [0.2, 0.25) is 0 Å².